The van der Waals surface area contributed by atoms with Crippen molar-refractivity contribution in [1.29, 1.82) is 0 Å². The number of imidazole rings is 1. The first-order valence-electron chi connectivity index (χ1n) is 3.11. The summed E-state index contributed by atoms with van der Waals surface area (Å²) in [4.78, 5) is 4.10. The average Bonchev–Trinajstić information content (AvgIpc) is 2.33. The van der Waals surface area contributed by atoms with Crippen molar-refractivity contribution in [3.8, 4) is 0 Å². The minimum Gasteiger partial charge on any atom is -0.307 e. The van der Waals surface area contributed by atoms with Crippen LogP contribution in [0.25, 0.3) is 5.65 Å². The number of pyridine rings is 1. The number of hydrogen-bond donors (Lipinski definition) is 0. The molecule has 2 heteroatoms. The minimum atomic E-state index is 0.965. The molecule has 2 nitrogen and oxygen atoms in total. The molecule has 2 aromatic heterocycles. The van der Waals surface area contributed by atoms with Crippen LogP contribution in [0.2, 0.25) is 0 Å². The van der Waals surface area contributed by atoms with E-state index >= 15 is 0 Å². The van der Waals surface area contributed by atoms with E-state index in [1.807, 2.05) is 28.9 Å². The SMILES string of the molecule is [CH2]c1ccc2nccn2c1. The topological polar surface area (TPSA) is 17.3 Å². The molecule has 0 aromatic carbocycles. The lowest BCUT2D eigenvalue weighted by Gasteiger charge is -1.92. The number of hydrogen-bond acceptors (Lipinski definition) is 1. The summed E-state index contributed by atoms with van der Waals surface area (Å²) >= 11 is 0. The first kappa shape index (κ1) is 5.47. The molecule has 1 radical (unpaired) electrons. The van der Waals surface area contributed by atoms with Crippen molar-refractivity contribution in [1.82, 2.24) is 9.38 Å². The molecule has 0 aliphatic heterocycles. The summed E-state index contributed by atoms with van der Waals surface area (Å²) < 4.78 is 1.95. The van der Waals surface area contributed by atoms with Crippen molar-refractivity contribution in [3.63, 3.8) is 0 Å². The first-order valence-corrected chi connectivity index (χ1v) is 3.11. The lowest BCUT2D eigenvalue weighted by molar-refractivity contribution is 1.17. The third-order valence-corrected chi connectivity index (χ3v) is 1.45. The fourth-order valence-corrected chi connectivity index (χ4v) is 0.966. The van der Waals surface area contributed by atoms with E-state index in [0.717, 1.165) is 11.2 Å². The molecular weight excluding hydrogens is 124 g/mol. The van der Waals surface area contributed by atoms with Crippen LogP contribution in [0.4, 0.5) is 0 Å². The van der Waals surface area contributed by atoms with Gasteiger partial charge < -0.3 is 4.40 Å². The van der Waals surface area contributed by atoms with Gasteiger partial charge in [-0.3, -0.25) is 0 Å². The number of nitrogens with zero attached hydrogens (tertiary/aromatic N) is 2. The Labute approximate surface area is 59.1 Å². The summed E-state index contributed by atoms with van der Waals surface area (Å²) in [6.07, 6.45) is 5.63. The summed E-state index contributed by atoms with van der Waals surface area (Å²) in [5, 5.41) is 0. The van der Waals surface area contributed by atoms with E-state index in [1.54, 1.807) is 6.20 Å². The third kappa shape index (κ3) is 0.692. The Morgan fingerprint density at radius 3 is 3.20 bits per heavy atom. The van der Waals surface area contributed by atoms with Crippen LogP contribution >= 0.6 is 0 Å². The molecule has 0 atom stereocenters. The maximum atomic E-state index is 4.10. The fraction of sp³-hybridized carbons (Fsp3) is 0. The third-order valence-electron chi connectivity index (χ3n) is 1.45. The van der Waals surface area contributed by atoms with Gasteiger partial charge in [0, 0.05) is 18.6 Å². The molecule has 0 fully saturated rings. The standard InChI is InChI=1S/C8H7N2/c1-7-2-3-8-9-4-5-10(8)6-7/h2-6H,1H2. The average molecular weight is 131 g/mol. The second kappa shape index (κ2) is 1.84. The first-order chi connectivity index (χ1) is 4.86. The fourth-order valence-electron chi connectivity index (χ4n) is 0.966. The molecule has 2 heterocycles. The van der Waals surface area contributed by atoms with Crippen molar-refractivity contribution in [2.24, 2.45) is 0 Å². The quantitative estimate of drug-likeness (QED) is 0.529. The maximum Gasteiger partial charge on any atom is 0.136 e. The molecule has 0 aliphatic rings. The highest BCUT2D eigenvalue weighted by Gasteiger charge is 1.90. The summed E-state index contributed by atoms with van der Waals surface area (Å²) in [5.74, 6) is 0. The second-order valence-corrected chi connectivity index (χ2v) is 2.23. The van der Waals surface area contributed by atoms with Crippen LogP contribution in [-0.2, 0) is 0 Å². The van der Waals surface area contributed by atoms with E-state index in [9.17, 15) is 0 Å². The van der Waals surface area contributed by atoms with Crippen molar-refractivity contribution in [3.05, 3.63) is 43.2 Å². The van der Waals surface area contributed by atoms with Crippen molar-refractivity contribution < 1.29 is 0 Å². The lowest BCUT2D eigenvalue weighted by atomic mass is 10.3. The normalized spacial score (nSPS) is 10.5. The molecule has 0 amide bonds. The van der Waals surface area contributed by atoms with E-state index < -0.39 is 0 Å². The van der Waals surface area contributed by atoms with E-state index in [0.29, 0.717) is 0 Å². The summed E-state index contributed by atoms with van der Waals surface area (Å²) in [5.41, 5.74) is 1.97. The molecule has 49 valence electrons. The monoisotopic (exact) mass is 131 g/mol. The van der Waals surface area contributed by atoms with Gasteiger partial charge in [-0.15, -0.1) is 0 Å². The van der Waals surface area contributed by atoms with E-state index in [-0.39, 0.29) is 0 Å². The molecular formula is C8H7N2. The van der Waals surface area contributed by atoms with Crippen LogP contribution < -0.4 is 0 Å². The van der Waals surface area contributed by atoms with Crippen molar-refractivity contribution >= 4 is 5.65 Å². The van der Waals surface area contributed by atoms with Crippen molar-refractivity contribution in [2.45, 2.75) is 0 Å². The molecule has 0 bridgehead atoms. The predicted octanol–water partition coefficient (Wildman–Crippen LogP) is 1.52. The van der Waals surface area contributed by atoms with Crippen LogP contribution in [0, 0.1) is 6.92 Å². The van der Waals surface area contributed by atoms with Gasteiger partial charge in [0.15, 0.2) is 0 Å². The Kier molecular flexibility index (Phi) is 1.01. The molecule has 0 unspecified atom stereocenters. The Hall–Kier alpha value is -1.31. The Bertz CT molecular complexity index is 349. The van der Waals surface area contributed by atoms with E-state index in [2.05, 4.69) is 11.9 Å². The van der Waals surface area contributed by atoms with Gasteiger partial charge in [-0.05, 0) is 18.6 Å². The van der Waals surface area contributed by atoms with Crippen LogP contribution in [0.15, 0.2) is 30.7 Å². The summed E-state index contributed by atoms with van der Waals surface area (Å²) in [6, 6.07) is 3.89. The lowest BCUT2D eigenvalue weighted by Crippen LogP contribution is -1.82. The van der Waals surface area contributed by atoms with E-state index in [4.69, 9.17) is 0 Å². The Morgan fingerprint density at radius 1 is 1.40 bits per heavy atom. The zero-order valence-corrected chi connectivity index (χ0v) is 5.49. The second-order valence-electron chi connectivity index (χ2n) is 2.23. The van der Waals surface area contributed by atoms with Gasteiger partial charge in [-0.1, -0.05) is 6.07 Å². The van der Waals surface area contributed by atoms with Gasteiger partial charge in [0.25, 0.3) is 0 Å². The molecule has 0 saturated heterocycles. The molecule has 0 N–H and O–H groups in total. The van der Waals surface area contributed by atoms with Crippen molar-refractivity contribution in [2.75, 3.05) is 0 Å². The van der Waals surface area contributed by atoms with Crippen LogP contribution in [0.3, 0.4) is 0 Å². The molecule has 0 aliphatic carbocycles. The largest absolute Gasteiger partial charge is 0.307 e. The molecule has 10 heavy (non-hydrogen) atoms. The maximum absolute atomic E-state index is 4.10. The number of rotatable bonds is 0. The van der Waals surface area contributed by atoms with Crippen LogP contribution in [0.1, 0.15) is 5.56 Å². The molecule has 0 saturated carbocycles. The minimum absolute atomic E-state index is 0.965. The number of fused-ring (bicyclic) bond motifs is 1. The van der Waals surface area contributed by atoms with E-state index in [1.165, 1.54) is 0 Å². The zero-order valence-electron chi connectivity index (χ0n) is 5.49. The Morgan fingerprint density at radius 2 is 2.30 bits per heavy atom. The van der Waals surface area contributed by atoms with Gasteiger partial charge in [0.2, 0.25) is 0 Å². The van der Waals surface area contributed by atoms with Gasteiger partial charge in [0.05, 0.1) is 0 Å². The number of aromatic nitrogens is 2. The predicted molar refractivity (Wildman–Crippen MR) is 39.7 cm³/mol. The highest BCUT2D eigenvalue weighted by Crippen LogP contribution is 2.01. The molecule has 0 spiro atoms. The Balaban J connectivity index is 2.86. The smallest absolute Gasteiger partial charge is 0.136 e. The van der Waals surface area contributed by atoms with Crippen LogP contribution in [-0.4, -0.2) is 9.38 Å². The summed E-state index contributed by atoms with van der Waals surface area (Å²) in [6.45, 7) is 3.80. The van der Waals surface area contributed by atoms with Gasteiger partial charge in [-0.25, -0.2) is 4.98 Å². The van der Waals surface area contributed by atoms with Gasteiger partial charge in [-0.2, -0.15) is 0 Å². The molecule has 2 aromatic rings. The zero-order chi connectivity index (χ0) is 6.97. The summed E-state index contributed by atoms with van der Waals surface area (Å²) in [7, 11) is 0. The molecule has 2 rings (SSSR count). The highest BCUT2D eigenvalue weighted by molar-refractivity contribution is 5.39. The van der Waals surface area contributed by atoms with Gasteiger partial charge in [0.1, 0.15) is 5.65 Å². The van der Waals surface area contributed by atoms with Gasteiger partial charge >= 0.3 is 0 Å². The highest BCUT2D eigenvalue weighted by atomic mass is 15.0. The van der Waals surface area contributed by atoms with Crippen LogP contribution in [0.5, 0.6) is 0 Å².